The zero-order valence-electron chi connectivity index (χ0n) is 17.0. The van der Waals surface area contributed by atoms with E-state index >= 15 is 0 Å². The molecule has 0 aliphatic rings. The lowest BCUT2D eigenvalue weighted by atomic mass is 10.1. The van der Waals surface area contributed by atoms with Gasteiger partial charge in [-0.05, 0) is 25.1 Å². The van der Waals surface area contributed by atoms with Gasteiger partial charge in [0.1, 0.15) is 0 Å². The van der Waals surface area contributed by atoms with Gasteiger partial charge in [-0.2, -0.15) is 4.98 Å². The van der Waals surface area contributed by atoms with Crippen molar-refractivity contribution >= 4 is 33.2 Å². The Bertz CT molecular complexity index is 1180. The van der Waals surface area contributed by atoms with Crippen LogP contribution < -0.4 is 4.31 Å². The number of amides is 1. The average Bonchev–Trinajstić information content (AvgIpc) is 3.15. The summed E-state index contributed by atoms with van der Waals surface area (Å²) in [6.45, 7) is 2.06. The van der Waals surface area contributed by atoms with Crippen LogP contribution in [0.3, 0.4) is 0 Å². The molecule has 0 unspecified atom stereocenters. The van der Waals surface area contributed by atoms with E-state index in [4.69, 9.17) is 16.1 Å². The third-order valence-electron chi connectivity index (χ3n) is 4.54. The molecular formula is C20H21ClN4O4S. The second-order valence-corrected chi connectivity index (χ2v) is 9.35. The van der Waals surface area contributed by atoms with Crippen LogP contribution in [0.15, 0.2) is 47.0 Å². The van der Waals surface area contributed by atoms with Gasteiger partial charge in [0.05, 0.1) is 29.1 Å². The van der Waals surface area contributed by atoms with E-state index in [0.29, 0.717) is 11.5 Å². The summed E-state index contributed by atoms with van der Waals surface area (Å²) >= 11 is 6.19. The number of sulfonamides is 1. The number of carbonyl (C=O) groups excluding carboxylic acids is 1. The minimum absolute atomic E-state index is 0.0696. The van der Waals surface area contributed by atoms with Gasteiger partial charge in [-0.1, -0.05) is 46.6 Å². The van der Waals surface area contributed by atoms with Crippen LogP contribution in [0.2, 0.25) is 5.02 Å². The Hall–Kier alpha value is -2.91. The van der Waals surface area contributed by atoms with Gasteiger partial charge in [0, 0.05) is 19.7 Å². The molecule has 0 bridgehead atoms. The number of nitrogens with zero attached hydrogens (tertiary/aromatic N) is 4. The van der Waals surface area contributed by atoms with Crippen molar-refractivity contribution < 1.29 is 17.7 Å². The minimum atomic E-state index is -3.47. The number of anilines is 1. The largest absolute Gasteiger partial charge is 0.337 e. The molecule has 1 aromatic heterocycles. The van der Waals surface area contributed by atoms with E-state index in [1.807, 2.05) is 31.2 Å². The summed E-state index contributed by atoms with van der Waals surface area (Å²) in [5.41, 5.74) is 2.43. The number of benzene rings is 2. The molecule has 2 aromatic carbocycles. The zero-order chi connectivity index (χ0) is 22.1. The Morgan fingerprint density at radius 1 is 1.13 bits per heavy atom. The molecule has 0 spiro atoms. The highest BCUT2D eigenvalue weighted by Crippen LogP contribution is 2.25. The molecule has 3 rings (SSSR count). The molecule has 0 saturated carbocycles. The number of hydrogen-bond acceptors (Lipinski definition) is 6. The molecule has 1 amide bonds. The summed E-state index contributed by atoms with van der Waals surface area (Å²) < 4.78 is 29.9. The number of aromatic nitrogens is 2. The lowest BCUT2D eigenvalue weighted by molar-refractivity contribution is 0.0770. The van der Waals surface area contributed by atoms with E-state index in [-0.39, 0.29) is 23.0 Å². The maximum atomic E-state index is 12.9. The first kappa shape index (κ1) is 21.8. The van der Waals surface area contributed by atoms with Crippen LogP contribution in [0.1, 0.15) is 21.8 Å². The normalized spacial score (nSPS) is 11.4. The van der Waals surface area contributed by atoms with Gasteiger partial charge in [0.2, 0.25) is 21.7 Å². The third-order valence-corrected chi connectivity index (χ3v) is 6.07. The van der Waals surface area contributed by atoms with Gasteiger partial charge in [-0.25, -0.2) is 8.42 Å². The van der Waals surface area contributed by atoms with E-state index in [1.165, 1.54) is 30.1 Å². The van der Waals surface area contributed by atoms with Gasteiger partial charge in [-0.15, -0.1) is 0 Å². The van der Waals surface area contributed by atoms with Crippen molar-refractivity contribution in [3.8, 4) is 11.4 Å². The molecule has 0 N–H and O–H groups in total. The fourth-order valence-corrected chi connectivity index (χ4v) is 3.38. The molecule has 0 aliphatic heterocycles. The standard InChI is InChI=1S/C20H21ClN4O4S/c1-13-5-7-14(8-6-13)19-22-18(29-23-19)12-24(2)20(26)16-11-15(9-10-17(16)21)25(3)30(4,27)28/h5-11H,12H2,1-4H3. The van der Waals surface area contributed by atoms with E-state index in [9.17, 15) is 13.2 Å². The fourth-order valence-electron chi connectivity index (χ4n) is 2.68. The molecule has 0 fully saturated rings. The molecule has 1 heterocycles. The highest BCUT2D eigenvalue weighted by molar-refractivity contribution is 7.92. The third kappa shape index (κ3) is 4.80. The predicted octanol–water partition coefficient (Wildman–Crippen LogP) is 3.37. The van der Waals surface area contributed by atoms with Crippen LogP contribution in [0, 0.1) is 6.92 Å². The first-order chi connectivity index (χ1) is 14.1. The smallest absolute Gasteiger partial charge is 0.255 e. The topological polar surface area (TPSA) is 96.6 Å². The Balaban J connectivity index is 1.79. The van der Waals surface area contributed by atoms with Crippen LogP contribution >= 0.6 is 11.6 Å². The Labute approximate surface area is 180 Å². The van der Waals surface area contributed by atoms with Crippen molar-refractivity contribution in [2.24, 2.45) is 0 Å². The highest BCUT2D eigenvalue weighted by Gasteiger charge is 2.21. The van der Waals surface area contributed by atoms with Gasteiger partial charge in [-0.3, -0.25) is 9.10 Å². The molecule has 8 nitrogen and oxygen atoms in total. The van der Waals surface area contributed by atoms with Crippen LogP contribution in [0.25, 0.3) is 11.4 Å². The van der Waals surface area contributed by atoms with Gasteiger partial charge >= 0.3 is 0 Å². The molecule has 158 valence electrons. The zero-order valence-corrected chi connectivity index (χ0v) is 18.5. The van der Waals surface area contributed by atoms with Crippen LogP contribution in [0.5, 0.6) is 0 Å². The van der Waals surface area contributed by atoms with Crippen molar-refractivity contribution in [2.75, 3.05) is 24.7 Å². The molecule has 3 aromatic rings. The van der Waals surface area contributed by atoms with Crippen LogP contribution in [0.4, 0.5) is 5.69 Å². The SMILES string of the molecule is Cc1ccc(-c2noc(CN(C)C(=O)c3cc(N(C)S(C)(=O)=O)ccc3Cl)n2)cc1. The minimum Gasteiger partial charge on any atom is -0.337 e. The molecule has 0 atom stereocenters. The van der Waals surface area contributed by atoms with Crippen molar-refractivity contribution in [1.29, 1.82) is 0 Å². The van der Waals surface area contributed by atoms with Crippen LogP contribution in [-0.2, 0) is 16.6 Å². The van der Waals surface area contributed by atoms with E-state index in [0.717, 1.165) is 21.7 Å². The Kier molecular flexibility index (Phi) is 6.14. The predicted molar refractivity (Wildman–Crippen MR) is 115 cm³/mol. The van der Waals surface area contributed by atoms with Gasteiger partial charge < -0.3 is 9.42 Å². The summed E-state index contributed by atoms with van der Waals surface area (Å²) in [7, 11) is -0.499. The van der Waals surface area contributed by atoms with Crippen LogP contribution in [-0.4, -0.2) is 49.7 Å². The number of aryl methyl sites for hydroxylation is 1. The Morgan fingerprint density at radius 2 is 1.80 bits per heavy atom. The van der Waals surface area contributed by atoms with Crippen molar-refractivity contribution in [3.63, 3.8) is 0 Å². The second kappa shape index (κ2) is 8.45. The summed E-state index contributed by atoms with van der Waals surface area (Å²) in [4.78, 5) is 18.6. The maximum Gasteiger partial charge on any atom is 0.255 e. The number of halogens is 1. The van der Waals surface area contributed by atoms with Crippen molar-refractivity contribution in [1.82, 2.24) is 15.0 Å². The monoisotopic (exact) mass is 448 g/mol. The lowest BCUT2D eigenvalue weighted by Crippen LogP contribution is -2.28. The van der Waals surface area contributed by atoms with Gasteiger partial charge in [0.15, 0.2) is 0 Å². The summed E-state index contributed by atoms with van der Waals surface area (Å²) in [5.74, 6) is 0.293. The maximum absolute atomic E-state index is 12.9. The quantitative estimate of drug-likeness (QED) is 0.573. The summed E-state index contributed by atoms with van der Waals surface area (Å²) in [5, 5.41) is 4.17. The second-order valence-electron chi connectivity index (χ2n) is 6.93. The molecule has 10 heteroatoms. The number of hydrogen-bond donors (Lipinski definition) is 0. The van der Waals surface area contributed by atoms with Gasteiger partial charge in [0.25, 0.3) is 5.91 Å². The fraction of sp³-hybridized carbons (Fsp3) is 0.250. The molecule has 0 aliphatic carbocycles. The molecule has 0 saturated heterocycles. The summed E-state index contributed by atoms with van der Waals surface area (Å²) in [6, 6.07) is 12.1. The van der Waals surface area contributed by atoms with Crippen molar-refractivity contribution in [2.45, 2.75) is 13.5 Å². The highest BCUT2D eigenvalue weighted by atomic mass is 35.5. The first-order valence-electron chi connectivity index (χ1n) is 8.95. The van der Waals surface area contributed by atoms with E-state index in [2.05, 4.69) is 10.1 Å². The average molecular weight is 449 g/mol. The molecule has 30 heavy (non-hydrogen) atoms. The number of rotatable bonds is 6. The summed E-state index contributed by atoms with van der Waals surface area (Å²) in [6.07, 6.45) is 1.08. The van der Waals surface area contributed by atoms with Crippen molar-refractivity contribution in [3.05, 3.63) is 64.5 Å². The van der Waals surface area contributed by atoms with E-state index in [1.54, 1.807) is 7.05 Å². The lowest BCUT2D eigenvalue weighted by Gasteiger charge is -2.20. The Morgan fingerprint density at radius 3 is 2.43 bits per heavy atom. The van der Waals surface area contributed by atoms with E-state index < -0.39 is 15.9 Å². The molecule has 0 radical (unpaired) electrons. The number of carbonyl (C=O) groups is 1. The molecular weight excluding hydrogens is 428 g/mol. The first-order valence-corrected chi connectivity index (χ1v) is 11.2.